The number of carbonyl (C=O) groups excluding carboxylic acids is 1. The maximum absolute atomic E-state index is 12.6. The van der Waals surface area contributed by atoms with Gasteiger partial charge in [-0.2, -0.15) is 0 Å². The molecule has 0 fully saturated rings. The minimum atomic E-state index is -0.929. The van der Waals surface area contributed by atoms with Gasteiger partial charge in [-0.25, -0.2) is 0 Å². The summed E-state index contributed by atoms with van der Waals surface area (Å²) in [6.07, 6.45) is 85.7. The van der Waals surface area contributed by atoms with Crippen molar-refractivity contribution in [3.8, 4) is 0 Å². The van der Waals surface area contributed by atoms with E-state index in [0.717, 1.165) is 25.7 Å². The van der Waals surface area contributed by atoms with Crippen LogP contribution in [0.2, 0.25) is 0 Å². The number of aliphatic hydroxyl groups excluding tert-OH is 3. The third kappa shape index (κ3) is 61.9. The van der Waals surface area contributed by atoms with Crippen molar-refractivity contribution < 1.29 is 20.1 Å². The molecule has 0 bridgehead atoms. The fourth-order valence-corrected chi connectivity index (χ4v) is 11.2. The molecule has 3 atom stereocenters. The van der Waals surface area contributed by atoms with Crippen LogP contribution in [0.1, 0.15) is 393 Å². The number of unbranched alkanes of at least 4 members (excludes halogenated alkanes) is 54. The average molecular weight is 1060 g/mol. The van der Waals surface area contributed by atoms with Crippen molar-refractivity contribution in [1.82, 2.24) is 5.32 Å². The molecule has 0 aliphatic rings. The van der Waals surface area contributed by atoms with E-state index in [1.807, 2.05) is 6.08 Å². The van der Waals surface area contributed by atoms with Gasteiger partial charge in [0.1, 0.15) is 0 Å². The molecule has 0 aromatic heterocycles. The summed E-state index contributed by atoms with van der Waals surface area (Å²) in [6, 6.07) is -0.744. The van der Waals surface area contributed by atoms with Crippen molar-refractivity contribution in [2.24, 2.45) is 0 Å². The fraction of sp³-hybridized carbons (Fsp3) is 0.929. The summed E-state index contributed by atoms with van der Waals surface area (Å²) in [6.45, 7) is 4.27. The Morgan fingerprint density at radius 1 is 0.333 bits per heavy atom. The standard InChI is InChI=1S/C70H137NO4/c1-3-5-7-9-11-13-15-17-19-21-23-25-27-29-30-31-32-33-34-35-36-37-38-40-41-43-45-47-49-51-53-55-57-59-61-63-67(73)65-70(75)71-68(66-72)69(74)64-62-60-58-56-54-52-50-48-46-44-42-39-28-26-24-22-20-18-16-14-12-10-8-6-4-2/h33-34,62,64,67-69,72-74H,3-32,35-61,63,65-66H2,1-2H3,(H,71,75)/b34-33-,64-62+. The molecule has 0 saturated heterocycles. The van der Waals surface area contributed by atoms with Gasteiger partial charge in [-0.05, 0) is 44.9 Å². The molecular formula is C70H137NO4. The second-order valence-electron chi connectivity index (χ2n) is 24.1. The van der Waals surface area contributed by atoms with Gasteiger partial charge < -0.3 is 20.6 Å². The zero-order valence-electron chi connectivity index (χ0n) is 51.2. The minimum Gasteiger partial charge on any atom is -0.394 e. The van der Waals surface area contributed by atoms with Crippen LogP contribution in [0.25, 0.3) is 0 Å². The van der Waals surface area contributed by atoms with E-state index in [2.05, 4.69) is 31.3 Å². The van der Waals surface area contributed by atoms with Gasteiger partial charge in [0, 0.05) is 0 Å². The van der Waals surface area contributed by atoms with E-state index in [1.54, 1.807) is 6.08 Å². The molecule has 3 unspecified atom stereocenters. The maximum Gasteiger partial charge on any atom is 0.222 e. The second-order valence-corrected chi connectivity index (χ2v) is 24.1. The van der Waals surface area contributed by atoms with Crippen molar-refractivity contribution >= 4 is 5.91 Å². The Bertz CT molecular complexity index is 1120. The number of hydrogen-bond acceptors (Lipinski definition) is 4. The van der Waals surface area contributed by atoms with Crippen LogP contribution in [-0.2, 0) is 4.79 Å². The number of nitrogens with one attached hydrogen (secondary N) is 1. The molecule has 0 aromatic rings. The van der Waals surface area contributed by atoms with E-state index in [4.69, 9.17) is 0 Å². The number of hydrogen-bond donors (Lipinski definition) is 4. The highest BCUT2D eigenvalue weighted by Crippen LogP contribution is 2.19. The number of aliphatic hydroxyl groups is 3. The number of carbonyl (C=O) groups is 1. The maximum atomic E-state index is 12.6. The Morgan fingerprint density at radius 2 is 0.560 bits per heavy atom. The summed E-state index contributed by atoms with van der Waals surface area (Å²) in [4.78, 5) is 12.6. The first-order valence-corrected chi connectivity index (χ1v) is 34.6. The first-order valence-electron chi connectivity index (χ1n) is 34.6. The van der Waals surface area contributed by atoms with E-state index in [-0.39, 0.29) is 18.9 Å². The molecule has 446 valence electrons. The summed E-state index contributed by atoms with van der Waals surface area (Å²) in [5, 5.41) is 33.6. The zero-order chi connectivity index (χ0) is 54.3. The predicted molar refractivity (Wildman–Crippen MR) is 333 cm³/mol. The third-order valence-electron chi connectivity index (χ3n) is 16.5. The summed E-state index contributed by atoms with van der Waals surface area (Å²) < 4.78 is 0. The number of amides is 1. The molecule has 5 heteroatoms. The minimum absolute atomic E-state index is 0.0176. The van der Waals surface area contributed by atoms with Crippen LogP contribution in [0.3, 0.4) is 0 Å². The molecule has 75 heavy (non-hydrogen) atoms. The molecule has 5 nitrogen and oxygen atoms in total. The van der Waals surface area contributed by atoms with E-state index in [0.29, 0.717) is 6.42 Å². The topological polar surface area (TPSA) is 89.8 Å². The molecule has 0 aliphatic carbocycles. The van der Waals surface area contributed by atoms with Crippen LogP contribution < -0.4 is 5.32 Å². The van der Waals surface area contributed by atoms with Crippen LogP contribution in [0.15, 0.2) is 24.3 Å². The predicted octanol–water partition coefficient (Wildman–Crippen LogP) is 22.4. The molecule has 0 aliphatic heterocycles. The van der Waals surface area contributed by atoms with Crippen LogP contribution in [0.4, 0.5) is 0 Å². The lowest BCUT2D eigenvalue weighted by atomic mass is 10.0. The Labute approximate surface area is 471 Å². The van der Waals surface area contributed by atoms with Gasteiger partial charge in [-0.3, -0.25) is 4.79 Å². The van der Waals surface area contributed by atoms with Gasteiger partial charge in [0.05, 0.1) is 31.3 Å². The first-order chi connectivity index (χ1) is 37.0. The van der Waals surface area contributed by atoms with E-state index >= 15 is 0 Å². The SMILES string of the molecule is CCCCCCCCCCCCCCCCCC/C=C\CCCCCCCCCCCCCCCCCC(O)CC(=O)NC(CO)C(O)/C=C/CCCCCCCCCCCCCCCCCCCCCCCCC. The summed E-state index contributed by atoms with van der Waals surface area (Å²) in [7, 11) is 0. The van der Waals surface area contributed by atoms with E-state index in [1.165, 1.54) is 340 Å². The molecule has 0 spiro atoms. The Morgan fingerprint density at radius 3 is 0.813 bits per heavy atom. The molecule has 0 heterocycles. The van der Waals surface area contributed by atoms with Gasteiger partial charge in [-0.15, -0.1) is 0 Å². The Hall–Kier alpha value is -1.17. The first kappa shape index (κ1) is 73.8. The summed E-state index contributed by atoms with van der Waals surface area (Å²) >= 11 is 0. The smallest absolute Gasteiger partial charge is 0.222 e. The van der Waals surface area contributed by atoms with Gasteiger partial charge in [-0.1, -0.05) is 366 Å². The number of allylic oxidation sites excluding steroid dienone is 3. The van der Waals surface area contributed by atoms with E-state index < -0.39 is 18.2 Å². The van der Waals surface area contributed by atoms with Crippen LogP contribution in [0.5, 0.6) is 0 Å². The average Bonchev–Trinajstić information content (AvgIpc) is 3.41. The van der Waals surface area contributed by atoms with Gasteiger partial charge >= 0.3 is 0 Å². The van der Waals surface area contributed by atoms with Crippen molar-refractivity contribution in [3.05, 3.63) is 24.3 Å². The Balaban J connectivity index is 3.48. The highest BCUT2D eigenvalue weighted by Gasteiger charge is 2.20. The van der Waals surface area contributed by atoms with E-state index in [9.17, 15) is 20.1 Å². The molecule has 0 aromatic carbocycles. The molecular weight excluding hydrogens is 919 g/mol. The quantitative estimate of drug-likeness (QED) is 0.0361. The van der Waals surface area contributed by atoms with Crippen molar-refractivity contribution in [2.45, 2.75) is 411 Å². The molecule has 4 N–H and O–H groups in total. The lowest BCUT2D eigenvalue weighted by Crippen LogP contribution is -2.45. The van der Waals surface area contributed by atoms with Crippen molar-refractivity contribution in [2.75, 3.05) is 6.61 Å². The highest BCUT2D eigenvalue weighted by atomic mass is 16.3. The summed E-state index contributed by atoms with van der Waals surface area (Å²) in [5.41, 5.74) is 0. The normalized spacial score (nSPS) is 13.2. The largest absolute Gasteiger partial charge is 0.394 e. The molecule has 0 rings (SSSR count). The van der Waals surface area contributed by atoms with Crippen molar-refractivity contribution in [1.29, 1.82) is 0 Å². The molecule has 0 radical (unpaired) electrons. The monoisotopic (exact) mass is 1060 g/mol. The Kier molecular flexibility index (Phi) is 64.3. The lowest BCUT2D eigenvalue weighted by Gasteiger charge is -2.21. The lowest BCUT2D eigenvalue weighted by molar-refractivity contribution is -0.124. The fourth-order valence-electron chi connectivity index (χ4n) is 11.2. The molecule has 0 saturated carbocycles. The van der Waals surface area contributed by atoms with Crippen LogP contribution in [0, 0.1) is 0 Å². The van der Waals surface area contributed by atoms with Crippen LogP contribution >= 0.6 is 0 Å². The molecule has 1 amide bonds. The van der Waals surface area contributed by atoms with Gasteiger partial charge in [0.15, 0.2) is 0 Å². The van der Waals surface area contributed by atoms with Crippen LogP contribution in [-0.4, -0.2) is 46.1 Å². The summed E-state index contributed by atoms with van der Waals surface area (Å²) in [5.74, 6) is -0.308. The van der Waals surface area contributed by atoms with Gasteiger partial charge in [0.2, 0.25) is 5.91 Å². The number of rotatable bonds is 65. The van der Waals surface area contributed by atoms with Crippen molar-refractivity contribution in [3.63, 3.8) is 0 Å². The highest BCUT2D eigenvalue weighted by molar-refractivity contribution is 5.76. The van der Waals surface area contributed by atoms with Gasteiger partial charge in [0.25, 0.3) is 0 Å². The zero-order valence-corrected chi connectivity index (χ0v) is 51.2. The third-order valence-corrected chi connectivity index (χ3v) is 16.5. The second kappa shape index (κ2) is 65.3.